The summed E-state index contributed by atoms with van der Waals surface area (Å²) in [5.41, 5.74) is 1.38. The zero-order chi connectivity index (χ0) is 20.0. The summed E-state index contributed by atoms with van der Waals surface area (Å²) in [6.07, 6.45) is 0.871. The molecule has 0 fully saturated rings. The van der Waals surface area contributed by atoms with E-state index >= 15 is 0 Å². The molecular formula is C21H25BrN2O3. The number of benzene rings is 2. The lowest BCUT2D eigenvalue weighted by Gasteiger charge is -2.15. The van der Waals surface area contributed by atoms with Crippen LogP contribution in [-0.2, 0) is 0 Å². The summed E-state index contributed by atoms with van der Waals surface area (Å²) in [6, 6.07) is 12.2. The zero-order valence-corrected chi connectivity index (χ0v) is 17.6. The van der Waals surface area contributed by atoms with Crippen molar-refractivity contribution in [3.8, 4) is 5.75 Å². The van der Waals surface area contributed by atoms with Crippen LogP contribution in [0.4, 0.5) is 5.69 Å². The number of amides is 2. The molecule has 2 aromatic carbocycles. The standard InChI is InChI=1S/C21H25BrN2O3/c1-5-14(4)23-21(26)16-8-6-7-9-18(16)24-20(25)15-10-11-19(17(22)12-15)27-13(2)3/h6-14H,5H2,1-4H3,(H,23,26)(H,24,25). The molecule has 0 saturated carbocycles. The molecule has 144 valence electrons. The maximum absolute atomic E-state index is 12.6. The Morgan fingerprint density at radius 3 is 2.41 bits per heavy atom. The molecule has 1 atom stereocenters. The molecule has 5 nitrogen and oxygen atoms in total. The van der Waals surface area contributed by atoms with Gasteiger partial charge in [0.25, 0.3) is 11.8 Å². The van der Waals surface area contributed by atoms with Crippen LogP contribution < -0.4 is 15.4 Å². The van der Waals surface area contributed by atoms with Crippen molar-refractivity contribution in [2.45, 2.75) is 46.3 Å². The van der Waals surface area contributed by atoms with Gasteiger partial charge in [-0.3, -0.25) is 9.59 Å². The van der Waals surface area contributed by atoms with E-state index < -0.39 is 0 Å². The van der Waals surface area contributed by atoms with Crippen molar-refractivity contribution >= 4 is 33.4 Å². The molecule has 2 aromatic rings. The Hall–Kier alpha value is -2.34. The molecule has 2 N–H and O–H groups in total. The number of para-hydroxylation sites is 1. The Bertz CT molecular complexity index is 821. The first-order valence-corrected chi connectivity index (χ1v) is 9.78. The van der Waals surface area contributed by atoms with Gasteiger partial charge in [-0.1, -0.05) is 19.1 Å². The second kappa shape index (κ2) is 9.55. The third-order valence-electron chi connectivity index (χ3n) is 3.97. The Kier molecular flexibility index (Phi) is 7.42. The van der Waals surface area contributed by atoms with E-state index in [9.17, 15) is 9.59 Å². The van der Waals surface area contributed by atoms with Crippen molar-refractivity contribution in [1.29, 1.82) is 0 Å². The molecule has 0 saturated heterocycles. The second-order valence-electron chi connectivity index (χ2n) is 6.59. The van der Waals surface area contributed by atoms with Crippen LogP contribution in [0.5, 0.6) is 5.75 Å². The molecule has 2 rings (SSSR count). The quantitative estimate of drug-likeness (QED) is 0.645. The molecule has 1 unspecified atom stereocenters. The molecule has 0 spiro atoms. The molecule has 0 radical (unpaired) electrons. The van der Waals surface area contributed by atoms with E-state index in [0.717, 1.165) is 6.42 Å². The van der Waals surface area contributed by atoms with Crippen LogP contribution in [0.15, 0.2) is 46.9 Å². The second-order valence-corrected chi connectivity index (χ2v) is 7.45. The van der Waals surface area contributed by atoms with Crippen molar-refractivity contribution in [2.75, 3.05) is 5.32 Å². The largest absolute Gasteiger partial charge is 0.490 e. The van der Waals surface area contributed by atoms with Gasteiger partial charge in [-0.2, -0.15) is 0 Å². The highest BCUT2D eigenvalue weighted by atomic mass is 79.9. The fraction of sp³-hybridized carbons (Fsp3) is 0.333. The van der Waals surface area contributed by atoms with Crippen molar-refractivity contribution in [1.82, 2.24) is 5.32 Å². The number of nitrogens with one attached hydrogen (secondary N) is 2. The van der Waals surface area contributed by atoms with Crippen LogP contribution in [0.25, 0.3) is 0 Å². The van der Waals surface area contributed by atoms with E-state index in [2.05, 4.69) is 26.6 Å². The van der Waals surface area contributed by atoms with Gasteiger partial charge < -0.3 is 15.4 Å². The molecule has 27 heavy (non-hydrogen) atoms. The molecule has 0 heterocycles. The number of carbonyl (C=O) groups is 2. The van der Waals surface area contributed by atoms with Crippen LogP contribution in [0, 0.1) is 0 Å². The van der Waals surface area contributed by atoms with Gasteiger partial charge in [0.05, 0.1) is 21.8 Å². The van der Waals surface area contributed by atoms with Crippen molar-refractivity contribution in [2.24, 2.45) is 0 Å². The van der Waals surface area contributed by atoms with E-state index in [1.807, 2.05) is 27.7 Å². The molecule has 0 aliphatic heterocycles. The topological polar surface area (TPSA) is 67.4 Å². The fourth-order valence-corrected chi connectivity index (χ4v) is 2.85. The first-order valence-electron chi connectivity index (χ1n) is 8.99. The predicted octanol–water partition coefficient (Wildman–Crippen LogP) is 5.02. The summed E-state index contributed by atoms with van der Waals surface area (Å²) >= 11 is 3.43. The number of ether oxygens (including phenoxy) is 1. The fourth-order valence-electron chi connectivity index (χ4n) is 2.38. The summed E-state index contributed by atoms with van der Waals surface area (Å²) in [5, 5.41) is 5.74. The Labute approximate surface area is 168 Å². The molecule has 0 aliphatic carbocycles. The van der Waals surface area contributed by atoms with Crippen molar-refractivity contribution in [3.63, 3.8) is 0 Å². The smallest absolute Gasteiger partial charge is 0.255 e. The van der Waals surface area contributed by atoms with Crippen molar-refractivity contribution in [3.05, 3.63) is 58.1 Å². The number of anilines is 1. The highest BCUT2D eigenvalue weighted by Gasteiger charge is 2.16. The van der Waals surface area contributed by atoms with Gasteiger partial charge >= 0.3 is 0 Å². The van der Waals surface area contributed by atoms with Gasteiger partial charge in [0, 0.05) is 11.6 Å². The number of hydrogen-bond donors (Lipinski definition) is 2. The Balaban J connectivity index is 2.19. The van der Waals surface area contributed by atoms with Crippen LogP contribution in [0.2, 0.25) is 0 Å². The predicted molar refractivity (Wildman–Crippen MR) is 112 cm³/mol. The summed E-state index contributed by atoms with van der Waals surface area (Å²) < 4.78 is 6.37. The summed E-state index contributed by atoms with van der Waals surface area (Å²) in [7, 11) is 0. The highest BCUT2D eigenvalue weighted by molar-refractivity contribution is 9.10. The monoisotopic (exact) mass is 432 g/mol. The average molecular weight is 433 g/mol. The summed E-state index contributed by atoms with van der Waals surface area (Å²) in [4.78, 5) is 25.1. The molecule has 2 amide bonds. The summed E-state index contributed by atoms with van der Waals surface area (Å²) in [5.74, 6) is 0.174. The van der Waals surface area contributed by atoms with E-state index in [4.69, 9.17) is 4.74 Å². The zero-order valence-electron chi connectivity index (χ0n) is 16.0. The van der Waals surface area contributed by atoms with Crippen molar-refractivity contribution < 1.29 is 14.3 Å². The third kappa shape index (κ3) is 5.82. The van der Waals surface area contributed by atoms with E-state index in [1.54, 1.807) is 42.5 Å². The number of rotatable bonds is 7. The maximum atomic E-state index is 12.6. The minimum absolute atomic E-state index is 0.0388. The lowest BCUT2D eigenvalue weighted by Crippen LogP contribution is -2.32. The average Bonchev–Trinajstić information content (AvgIpc) is 2.63. The number of carbonyl (C=O) groups excluding carboxylic acids is 2. The third-order valence-corrected chi connectivity index (χ3v) is 4.59. The Morgan fingerprint density at radius 2 is 1.78 bits per heavy atom. The molecule has 0 aromatic heterocycles. The lowest BCUT2D eigenvalue weighted by molar-refractivity contribution is 0.0940. The first-order chi connectivity index (χ1) is 12.8. The molecular weight excluding hydrogens is 408 g/mol. The number of hydrogen-bond acceptors (Lipinski definition) is 3. The lowest BCUT2D eigenvalue weighted by atomic mass is 10.1. The number of halogens is 1. The highest BCUT2D eigenvalue weighted by Crippen LogP contribution is 2.27. The van der Waals surface area contributed by atoms with Gasteiger partial charge in [-0.05, 0) is 73.5 Å². The van der Waals surface area contributed by atoms with E-state index in [1.165, 1.54) is 0 Å². The molecule has 0 bridgehead atoms. The van der Waals surface area contributed by atoms with Gasteiger partial charge in [0.2, 0.25) is 0 Å². The molecule has 0 aliphatic rings. The maximum Gasteiger partial charge on any atom is 0.255 e. The van der Waals surface area contributed by atoms with Crippen LogP contribution in [-0.4, -0.2) is 24.0 Å². The summed E-state index contributed by atoms with van der Waals surface area (Å²) in [6.45, 7) is 7.82. The Morgan fingerprint density at radius 1 is 1.07 bits per heavy atom. The van der Waals surface area contributed by atoms with E-state index in [0.29, 0.717) is 27.0 Å². The van der Waals surface area contributed by atoms with Gasteiger partial charge in [-0.15, -0.1) is 0 Å². The van der Waals surface area contributed by atoms with Gasteiger partial charge in [-0.25, -0.2) is 0 Å². The first kappa shape index (κ1) is 21.0. The normalized spacial score (nSPS) is 11.8. The molecule has 6 heteroatoms. The van der Waals surface area contributed by atoms with Gasteiger partial charge in [0.1, 0.15) is 5.75 Å². The van der Waals surface area contributed by atoms with E-state index in [-0.39, 0.29) is 24.0 Å². The van der Waals surface area contributed by atoms with Gasteiger partial charge in [0.15, 0.2) is 0 Å². The van der Waals surface area contributed by atoms with Crippen LogP contribution >= 0.6 is 15.9 Å². The van der Waals surface area contributed by atoms with Crippen LogP contribution in [0.3, 0.4) is 0 Å². The van der Waals surface area contributed by atoms with Crippen LogP contribution in [0.1, 0.15) is 54.8 Å². The minimum Gasteiger partial charge on any atom is -0.490 e. The SMILES string of the molecule is CCC(C)NC(=O)c1ccccc1NC(=O)c1ccc(OC(C)C)c(Br)c1. The minimum atomic E-state index is -0.296.